The molecule has 2 rings (SSSR count). The molecule has 1 heterocycles. The van der Waals surface area contributed by atoms with Gasteiger partial charge in [0.15, 0.2) is 6.73 Å². The third-order valence-electron chi connectivity index (χ3n) is 3.40. The minimum absolute atomic E-state index is 0.221. The zero-order valence-electron chi connectivity index (χ0n) is 13.7. The van der Waals surface area contributed by atoms with Gasteiger partial charge in [-0.25, -0.2) is 4.68 Å². The molecule has 6 nitrogen and oxygen atoms in total. The van der Waals surface area contributed by atoms with Crippen LogP contribution in [0.1, 0.15) is 34.5 Å². The first-order valence-corrected chi connectivity index (χ1v) is 8.03. The molecule has 0 saturated heterocycles. The highest BCUT2D eigenvalue weighted by Crippen LogP contribution is 2.19. The SMILES string of the molecule is Cc1ccc(C)c(OCn2ccc(C(=O)NCCCC(=O)Cl)n2)c1. The minimum Gasteiger partial charge on any atom is -0.471 e. The molecule has 0 saturated carbocycles. The molecule has 0 aliphatic rings. The molecule has 0 atom stereocenters. The van der Waals surface area contributed by atoms with Gasteiger partial charge in [-0.05, 0) is 55.1 Å². The predicted molar refractivity (Wildman–Crippen MR) is 91.2 cm³/mol. The molecule has 1 amide bonds. The Hall–Kier alpha value is -2.34. The lowest BCUT2D eigenvalue weighted by Crippen LogP contribution is -2.25. The van der Waals surface area contributed by atoms with E-state index in [9.17, 15) is 9.59 Å². The Morgan fingerprint density at radius 2 is 2.08 bits per heavy atom. The highest BCUT2D eigenvalue weighted by molar-refractivity contribution is 6.63. The molecule has 0 fully saturated rings. The van der Waals surface area contributed by atoms with Crippen molar-refractivity contribution in [3.05, 3.63) is 47.3 Å². The summed E-state index contributed by atoms with van der Waals surface area (Å²) in [7, 11) is 0. The molecule has 128 valence electrons. The number of hydrogen-bond donors (Lipinski definition) is 1. The van der Waals surface area contributed by atoms with Crippen molar-refractivity contribution in [2.75, 3.05) is 6.54 Å². The Balaban J connectivity index is 1.85. The number of nitrogens with zero attached hydrogens (tertiary/aromatic N) is 2. The number of ether oxygens (including phenoxy) is 1. The molecular weight excluding hydrogens is 330 g/mol. The smallest absolute Gasteiger partial charge is 0.271 e. The maximum atomic E-state index is 11.9. The molecule has 1 aromatic carbocycles. The van der Waals surface area contributed by atoms with E-state index in [1.54, 1.807) is 16.9 Å². The summed E-state index contributed by atoms with van der Waals surface area (Å²) in [6.07, 6.45) is 2.42. The third-order valence-corrected chi connectivity index (χ3v) is 3.59. The number of benzene rings is 1. The molecule has 0 aliphatic carbocycles. The molecule has 2 aromatic rings. The second-order valence-corrected chi connectivity index (χ2v) is 5.92. The molecule has 0 radical (unpaired) electrons. The van der Waals surface area contributed by atoms with Gasteiger partial charge >= 0.3 is 0 Å². The van der Waals surface area contributed by atoms with Gasteiger partial charge in [-0.3, -0.25) is 9.59 Å². The maximum absolute atomic E-state index is 11.9. The molecule has 0 unspecified atom stereocenters. The van der Waals surface area contributed by atoms with Crippen molar-refractivity contribution < 1.29 is 14.3 Å². The number of nitrogens with one attached hydrogen (secondary N) is 1. The van der Waals surface area contributed by atoms with E-state index in [0.29, 0.717) is 18.7 Å². The van der Waals surface area contributed by atoms with Gasteiger partial charge in [-0.15, -0.1) is 0 Å². The predicted octanol–water partition coefficient (Wildman–Crippen LogP) is 2.81. The number of rotatable bonds is 8. The number of halogens is 1. The first kappa shape index (κ1) is 18.0. The Labute approximate surface area is 145 Å². The lowest BCUT2D eigenvalue weighted by molar-refractivity contribution is -0.111. The van der Waals surface area contributed by atoms with Crippen molar-refractivity contribution in [2.45, 2.75) is 33.4 Å². The van der Waals surface area contributed by atoms with Gasteiger partial charge in [-0.2, -0.15) is 5.10 Å². The Kier molecular flexibility index (Phi) is 6.37. The van der Waals surface area contributed by atoms with E-state index >= 15 is 0 Å². The summed E-state index contributed by atoms with van der Waals surface area (Å²) in [6, 6.07) is 7.60. The largest absolute Gasteiger partial charge is 0.471 e. The maximum Gasteiger partial charge on any atom is 0.271 e. The molecule has 24 heavy (non-hydrogen) atoms. The Bertz CT molecular complexity index is 728. The van der Waals surface area contributed by atoms with Gasteiger partial charge in [0, 0.05) is 19.2 Å². The summed E-state index contributed by atoms with van der Waals surface area (Å²) < 4.78 is 7.29. The zero-order valence-corrected chi connectivity index (χ0v) is 14.5. The highest BCUT2D eigenvalue weighted by atomic mass is 35.5. The fraction of sp³-hybridized carbons (Fsp3) is 0.353. The summed E-state index contributed by atoms with van der Waals surface area (Å²) in [6.45, 7) is 4.57. The summed E-state index contributed by atoms with van der Waals surface area (Å²) in [5, 5.41) is 6.46. The van der Waals surface area contributed by atoms with Gasteiger partial charge < -0.3 is 10.1 Å². The number of carbonyl (C=O) groups is 2. The topological polar surface area (TPSA) is 73.2 Å². The van der Waals surface area contributed by atoms with Crippen LogP contribution in [0.3, 0.4) is 0 Å². The van der Waals surface area contributed by atoms with Crippen molar-refractivity contribution >= 4 is 22.8 Å². The highest BCUT2D eigenvalue weighted by Gasteiger charge is 2.09. The second-order valence-electron chi connectivity index (χ2n) is 5.50. The van der Waals surface area contributed by atoms with Crippen molar-refractivity contribution in [1.29, 1.82) is 0 Å². The first-order chi connectivity index (χ1) is 11.5. The van der Waals surface area contributed by atoms with Gasteiger partial charge in [-0.1, -0.05) is 12.1 Å². The first-order valence-electron chi connectivity index (χ1n) is 7.66. The summed E-state index contributed by atoms with van der Waals surface area (Å²) in [5.41, 5.74) is 2.46. The van der Waals surface area contributed by atoms with Crippen LogP contribution in [0.5, 0.6) is 5.75 Å². The van der Waals surface area contributed by atoms with Crippen LogP contribution in [0.4, 0.5) is 0 Å². The van der Waals surface area contributed by atoms with Gasteiger partial charge in [0.05, 0.1) is 0 Å². The van der Waals surface area contributed by atoms with Crippen LogP contribution in [-0.4, -0.2) is 27.5 Å². The molecule has 1 aromatic heterocycles. The van der Waals surface area contributed by atoms with Crippen LogP contribution in [0, 0.1) is 13.8 Å². The summed E-state index contributed by atoms with van der Waals surface area (Å²) in [5.74, 6) is 0.504. The standard InChI is InChI=1S/C17H20ClN3O3/c1-12-5-6-13(2)15(10-12)24-11-21-9-7-14(20-21)17(23)19-8-3-4-16(18)22/h5-7,9-10H,3-4,8,11H2,1-2H3,(H,19,23). The van der Waals surface area contributed by atoms with Crippen molar-refractivity contribution in [1.82, 2.24) is 15.1 Å². The van der Waals surface area contributed by atoms with E-state index in [0.717, 1.165) is 16.9 Å². The van der Waals surface area contributed by atoms with E-state index in [-0.39, 0.29) is 19.1 Å². The average Bonchev–Trinajstić information content (AvgIpc) is 3.01. The molecule has 0 spiro atoms. The lowest BCUT2D eigenvalue weighted by atomic mass is 10.1. The van der Waals surface area contributed by atoms with Crippen molar-refractivity contribution in [3.63, 3.8) is 0 Å². The molecule has 0 aliphatic heterocycles. The third kappa shape index (κ3) is 5.38. The van der Waals surface area contributed by atoms with E-state index in [2.05, 4.69) is 10.4 Å². The number of carbonyl (C=O) groups excluding carboxylic acids is 2. The quantitative estimate of drug-likeness (QED) is 0.587. The lowest BCUT2D eigenvalue weighted by Gasteiger charge is -2.09. The molecule has 1 N–H and O–H groups in total. The minimum atomic E-state index is -0.405. The Morgan fingerprint density at radius 1 is 1.29 bits per heavy atom. The van der Waals surface area contributed by atoms with Crippen LogP contribution < -0.4 is 10.1 Å². The zero-order chi connectivity index (χ0) is 17.5. The van der Waals surface area contributed by atoms with Crippen LogP contribution in [-0.2, 0) is 11.5 Å². The molecule has 7 heteroatoms. The van der Waals surface area contributed by atoms with Crippen LogP contribution in [0.15, 0.2) is 30.5 Å². The van der Waals surface area contributed by atoms with Crippen molar-refractivity contribution in [3.8, 4) is 5.75 Å². The normalized spacial score (nSPS) is 10.5. The van der Waals surface area contributed by atoms with E-state index in [4.69, 9.17) is 16.3 Å². The fourth-order valence-electron chi connectivity index (χ4n) is 2.07. The number of amides is 1. The Morgan fingerprint density at radius 3 is 2.83 bits per heavy atom. The van der Waals surface area contributed by atoms with Gasteiger partial charge in [0.2, 0.25) is 5.24 Å². The second kappa shape index (κ2) is 8.49. The summed E-state index contributed by atoms with van der Waals surface area (Å²) in [4.78, 5) is 22.5. The van der Waals surface area contributed by atoms with E-state index in [1.807, 2.05) is 32.0 Å². The fourth-order valence-corrected chi connectivity index (χ4v) is 2.21. The number of hydrogen-bond acceptors (Lipinski definition) is 4. The van der Waals surface area contributed by atoms with Crippen LogP contribution in [0.2, 0.25) is 0 Å². The van der Waals surface area contributed by atoms with Crippen LogP contribution >= 0.6 is 11.6 Å². The van der Waals surface area contributed by atoms with Gasteiger partial charge in [0.25, 0.3) is 5.91 Å². The number of aryl methyl sites for hydroxylation is 2. The van der Waals surface area contributed by atoms with E-state index in [1.165, 1.54) is 0 Å². The van der Waals surface area contributed by atoms with E-state index < -0.39 is 5.24 Å². The molecule has 0 bridgehead atoms. The van der Waals surface area contributed by atoms with Gasteiger partial charge in [0.1, 0.15) is 11.4 Å². The molecular formula is C17H20ClN3O3. The summed E-state index contributed by atoms with van der Waals surface area (Å²) >= 11 is 5.24. The van der Waals surface area contributed by atoms with Crippen LogP contribution in [0.25, 0.3) is 0 Å². The average molecular weight is 350 g/mol. The van der Waals surface area contributed by atoms with Crippen molar-refractivity contribution in [2.24, 2.45) is 0 Å². The number of aromatic nitrogens is 2. The monoisotopic (exact) mass is 349 g/mol.